The van der Waals surface area contributed by atoms with Gasteiger partial charge in [0.25, 0.3) is 0 Å². The highest BCUT2D eigenvalue weighted by Gasteiger charge is 2.14. The maximum absolute atomic E-state index is 11.3. The Bertz CT molecular complexity index is 411. The van der Waals surface area contributed by atoms with Crippen LogP contribution in [0.3, 0.4) is 0 Å². The summed E-state index contributed by atoms with van der Waals surface area (Å²) in [5.74, 6) is -1.10. The van der Waals surface area contributed by atoms with Gasteiger partial charge >= 0.3 is 5.97 Å². The lowest BCUT2D eigenvalue weighted by Gasteiger charge is -2.07. The lowest BCUT2D eigenvalue weighted by molar-refractivity contribution is -0.137. The molecule has 0 unspecified atom stereocenters. The number of esters is 1. The SMILES string of the molecule is C=C(C(=O)OCCO)c1ccc(O)cc1O. The number of ether oxygens (including phenoxy) is 1. The molecule has 1 aromatic rings. The van der Waals surface area contributed by atoms with E-state index in [0.717, 1.165) is 6.07 Å². The Hall–Kier alpha value is -2.01. The van der Waals surface area contributed by atoms with E-state index in [4.69, 9.17) is 10.2 Å². The van der Waals surface area contributed by atoms with E-state index in [1.54, 1.807) is 0 Å². The van der Waals surface area contributed by atoms with Crippen molar-refractivity contribution in [3.63, 3.8) is 0 Å². The summed E-state index contributed by atoms with van der Waals surface area (Å²) in [6.45, 7) is 3.06. The average Bonchev–Trinajstić information content (AvgIpc) is 2.25. The number of aromatic hydroxyl groups is 2. The third kappa shape index (κ3) is 2.74. The van der Waals surface area contributed by atoms with Crippen LogP contribution in [-0.2, 0) is 9.53 Å². The first-order chi connectivity index (χ1) is 7.56. The number of aliphatic hydroxyl groups excluding tert-OH is 1. The summed E-state index contributed by atoms with van der Waals surface area (Å²) >= 11 is 0. The van der Waals surface area contributed by atoms with Crippen LogP contribution in [0.4, 0.5) is 0 Å². The molecule has 0 bridgehead atoms. The van der Waals surface area contributed by atoms with Crippen molar-refractivity contribution in [3.8, 4) is 11.5 Å². The van der Waals surface area contributed by atoms with Crippen molar-refractivity contribution in [1.29, 1.82) is 0 Å². The molecule has 0 fully saturated rings. The van der Waals surface area contributed by atoms with Gasteiger partial charge in [-0.2, -0.15) is 0 Å². The fourth-order valence-corrected chi connectivity index (χ4v) is 1.11. The molecule has 5 nitrogen and oxygen atoms in total. The summed E-state index contributed by atoms with van der Waals surface area (Å²) in [4.78, 5) is 11.3. The highest BCUT2D eigenvalue weighted by atomic mass is 16.5. The zero-order valence-corrected chi connectivity index (χ0v) is 8.51. The molecule has 0 spiro atoms. The van der Waals surface area contributed by atoms with Crippen molar-refractivity contribution in [3.05, 3.63) is 30.3 Å². The number of phenols is 2. The molecule has 0 radical (unpaired) electrons. The normalized spacial score (nSPS) is 9.81. The zero-order valence-electron chi connectivity index (χ0n) is 8.51. The summed E-state index contributed by atoms with van der Waals surface area (Å²) in [5, 5.41) is 27.0. The molecule has 0 saturated heterocycles. The van der Waals surface area contributed by atoms with Crippen LogP contribution in [0.25, 0.3) is 5.57 Å². The predicted octanol–water partition coefficient (Wildman–Crippen LogP) is 0.646. The minimum absolute atomic E-state index is 0.0362. The summed E-state index contributed by atoms with van der Waals surface area (Å²) in [6, 6.07) is 3.77. The zero-order chi connectivity index (χ0) is 12.1. The molecule has 0 atom stereocenters. The lowest BCUT2D eigenvalue weighted by Crippen LogP contribution is -2.09. The molecule has 16 heavy (non-hydrogen) atoms. The second-order valence-corrected chi connectivity index (χ2v) is 3.04. The highest BCUT2D eigenvalue weighted by molar-refractivity contribution is 6.16. The molecular weight excluding hydrogens is 212 g/mol. The molecule has 0 aliphatic heterocycles. The third-order valence-corrected chi connectivity index (χ3v) is 1.88. The number of carbonyl (C=O) groups excluding carboxylic acids is 1. The van der Waals surface area contributed by atoms with E-state index in [2.05, 4.69) is 11.3 Å². The monoisotopic (exact) mass is 224 g/mol. The van der Waals surface area contributed by atoms with Crippen LogP contribution in [-0.4, -0.2) is 34.5 Å². The maximum Gasteiger partial charge on any atom is 0.338 e. The van der Waals surface area contributed by atoms with Crippen LogP contribution < -0.4 is 0 Å². The van der Waals surface area contributed by atoms with Gasteiger partial charge in [-0.1, -0.05) is 6.58 Å². The molecule has 86 valence electrons. The Morgan fingerprint density at radius 1 is 1.38 bits per heavy atom. The van der Waals surface area contributed by atoms with Crippen LogP contribution in [0.5, 0.6) is 11.5 Å². The van der Waals surface area contributed by atoms with Gasteiger partial charge < -0.3 is 20.1 Å². The Labute approximate surface area is 92.2 Å². The molecule has 0 saturated carbocycles. The lowest BCUT2D eigenvalue weighted by atomic mass is 10.1. The Morgan fingerprint density at radius 3 is 2.62 bits per heavy atom. The van der Waals surface area contributed by atoms with E-state index in [-0.39, 0.29) is 35.8 Å². The number of rotatable bonds is 4. The molecule has 3 N–H and O–H groups in total. The summed E-state index contributed by atoms with van der Waals surface area (Å²) in [7, 11) is 0. The molecule has 0 aliphatic rings. The van der Waals surface area contributed by atoms with E-state index >= 15 is 0 Å². The van der Waals surface area contributed by atoms with Crippen molar-refractivity contribution in [2.45, 2.75) is 0 Å². The van der Waals surface area contributed by atoms with Crippen molar-refractivity contribution >= 4 is 11.5 Å². The average molecular weight is 224 g/mol. The molecule has 1 rings (SSSR count). The van der Waals surface area contributed by atoms with Crippen molar-refractivity contribution in [2.75, 3.05) is 13.2 Å². The first kappa shape index (κ1) is 12.1. The van der Waals surface area contributed by atoms with E-state index in [1.807, 2.05) is 0 Å². The van der Waals surface area contributed by atoms with Gasteiger partial charge in [-0.05, 0) is 12.1 Å². The molecular formula is C11H12O5. The summed E-state index contributed by atoms with van der Waals surface area (Å²) in [5.41, 5.74) is 0.145. The fourth-order valence-electron chi connectivity index (χ4n) is 1.11. The maximum atomic E-state index is 11.3. The second-order valence-electron chi connectivity index (χ2n) is 3.04. The van der Waals surface area contributed by atoms with Crippen LogP contribution >= 0.6 is 0 Å². The largest absolute Gasteiger partial charge is 0.508 e. The van der Waals surface area contributed by atoms with Gasteiger partial charge in [0.2, 0.25) is 0 Å². The topological polar surface area (TPSA) is 87.0 Å². The first-order valence-corrected chi connectivity index (χ1v) is 4.55. The minimum atomic E-state index is -0.727. The summed E-state index contributed by atoms with van der Waals surface area (Å²) < 4.78 is 4.63. The Balaban J connectivity index is 2.84. The fraction of sp³-hybridized carbons (Fsp3) is 0.182. The molecule has 0 aliphatic carbocycles. The first-order valence-electron chi connectivity index (χ1n) is 4.55. The van der Waals surface area contributed by atoms with Crippen LogP contribution in [0.2, 0.25) is 0 Å². The van der Waals surface area contributed by atoms with Gasteiger partial charge in [0, 0.05) is 11.6 Å². The van der Waals surface area contributed by atoms with Crippen LogP contribution in [0.15, 0.2) is 24.8 Å². The number of benzene rings is 1. The van der Waals surface area contributed by atoms with Gasteiger partial charge in [-0.15, -0.1) is 0 Å². The number of aliphatic hydroxyl groups is 1. The quantitative estimate of drug-likeness (QED) is 0.516. The van der Waals surface area contributed by atoms with Gasteiger partial charge in [0.1, 0.15) is 18.1 Å². The number of hydrogen-bond donors (Lipinski definition) is 3. The summed E-state index contributed by atoms with van der Waals surface area (Å²) in [6.07, 6.45) is 0. The number of hydrogen-bond acceptors (Lipinski definition) is 5. The predicted molar refractivity (Wildman–Crippen MR) is 56.9 cm³/mol. The third-order valence-electron chi connectivity index (χ3n) is 1.88. The Morgan fingerprint density at radius 2 is 2.06 bits per heavy atom. The smallest absolute Gasteiger partial charge is 0.338 e. The van der Waals surface area contributed by atoms with E-state index < -0.39 is 5.97 Å². The van der Waals surface area contributed by atoms with Gasteiger partial charge in [-0.3, -0.25) is 0 Å². The van der Waals surface area contributed by atoms with Crippen molar-refractivity contribution in [2.24, 2.45) is 0 Å². The van der Waals surface area contributed by atoms with E-state index in [0.29, 0.717) is 0 Å². The van der Waals surface area contributed by atoms with Crippen molar-refractivity contribution in [1.82, 2.24) is 0 Å². The molecule has 0 heterocycles. The number of carbonyl (C=O) groups is 1. The van der Waals surface area contributed by atoms with Gasteiger partial charge in [0.15, 0.2) is 0 Å². The van der Waals surface area contributed by atoms with E-state index in [1.165, 1.54) is 12.1 Å². The Kier molecular flexibility index (Phi) is 3.90. The molecule has 1 aromatic carbocycles. The van der Waals surface area contributed by atoms with Gasteiger partial charge in [-0.25, -0.2) is 4.79 Å². The molecule has 5 heteroatoms. The van der Waals surface area contributed by atoms with Crippen LogP contribution in [0.1, 0.15) is 5.56 Å². The minimum Gasteiger partial charge on any atom is -0.508 e. The molecule has 0 amide bonds. The van der Waals surface area contributed by atoms with Crippen LogP contribution in [0, 0.1) is 0 Å². The highest BCUT2D eigenvalue weighted by Crippen LogP contribution is 2.28. The van der Waals surface area contributed by atoms with Gasteiger partial charge in [0.05, 0.1) is 12.2 Å². The number of phenolic OH excluding ortho intramolecular Hbond substituents is 2. The standard InChI is InChI=1S/C11H12O5/c1-7(11(15)16-5-4-12)9-3-2-8(13)6-10(9)14/h2-3,6,12-14H,1,4-5H2. The van der Waals surface area contributed by atoms with Crippen molar-refractivity contribution < 1.29 is 24.9 Å². The second kappa shape index (κ2) is 5.18. The molecule has 0 aromatic heterocycles. The van der Waals surface area contributed by atoms with E-state index in [9.17, 15) is 9.90 Å².